The SMILES string of the molecule is O=C(c1ccc(Br)cc1O)N1CCCC(Cl)C1. The fourth-order valence-electron chi connectivity index (χ4n) is 1.97. The average molecular weight is 319 g/mol. The van der Waals surface area contributed by atoms with Crippen molar-refractivity contribution >= 4 is 33.4 Å². The molecule has 1 aliphatic rings. The highest BCUT2D eigenvalue weighted by Crippen LogP contribution is 2.25. The molecular weight excluding hydrogens is 305 g/mol. The van der Waals surface area contributed by atoms with Gasteiger partial charge in [-0.2, -0.15) is 0 Å². The van der Waals surface area contributed by atoms with Crippen molar-refractivity contribution in [1.29, 1.82) is 0 Å². The number of aromatic hydroxyl groups is 1. The van der Waals surface area contributed by atoms with Gasteiger partial charge in [-0.15, -0.1) is 11.6 Å². The molecule has 1 aromatic carbocycles. The number of piperidine rings is 1. The molecule has 1 heterocycles. The van der Waals surface area contributed by atoms with Crippen LogP contribution in [-0.2, 0) is 0 Å². The molecule has 1 amide bonds. The van der Waals surface area contributed by atoms with Gasteiger partial charge in [-0.05, 0) is 31.0 Å². The molecule has 0 aromatic heterocycles. The number of phenols is 1. The number of carbonyl (C=O) groups excluding carboxylic acids is 1. The van der Waals surface area contributed by atoms with E-state index in [-0.39, 0.29) is 17.0 Å². The molecule has 1 unspecified atom stereocenters. The van der Waals surface area contributed by atoms with Gasteiger partial charge in [0.1, 0.15) is 5.75 Å². The molecule has 0 aliphatic carbocycles. The van der Waals surface area contributed by atoms with E-state index in [2.05, 4.69) is 15.9 Å². The molecule has 1 fully saturated rings. The maximum absolute atomic E-state index is 12.2. The zero-order valence-electron chi connectivity index (χ0n) is 9.20. The van der Waals surface area contributed by atoms with Crippen LogP contribution in [0.15, 0.2) is 22.7 Å². The Hall–Kier alpha value is -0.740. The number of benzene rings is 1. The van der Waals surface area contributed by atoms with Gasteiger partial charge in [-0.25, -0.2) is 0 Å². The van der Waals surface area contributed by atoms with Crippen LogP contribution < -0.4 is 0 Å². The van der Waals surface area contributed by atoms with Crippen LogP contribution in [0.4, 0.5) is 0 Å². The molecule has 92 valence electrons. The standard InChI is InChI=1S/C12H13BrClNO2/c13-8-3-4-10(11(16)6-8)12(17)15-5-1-2-9(14)7-15/h3-4,6,9,16H,1-2,5,7H2. The minimum atomic E-state index is -0.152. The van der Waals surface area contributed by atoms with E-state index in [1.807, 2.05) is 0 Å². The first-order chi connectivity index (χ1) is 8.08. The Kier molecular flexibility index (Phi) is 3.94. The summed E-state index contributed by atoms with van der Waals surface area (Å²) in [6, 6.07) is 4.89. The average Bonchev–Trinajstić information content (AvgIpc) is 2.28. The van der Waals surface area contributed by atoms with Gasteiger partial charge in [0.25, 0.3) is 5.91 Å². The van der Waals surface area contributed by atoms with Crippen LogP contribution in [0.2, 0.25) is 0 Å². The fourth-order valence-corrected chi connectivity index (χ4v) is 2.64. The Morgan fingerprint density at radius 2 is 2.29 bits per heavy atom. The van der Waals surface area contributed by atoms with Crippen LogP contribution in [0.3, 0.4) is 0 Å². The smallest absolute Gasteiger partial charge is 0.257 e. The van der Waals surface area contributed by atoms with Crippen molar-refractivity contribution in [2.75, 3.05) is 13.1 Å². The molecule has 1 N–H and O–H groups in total. The highest BCUT2D eigenvalue weighted by molar-refractivity contribution is 9.10. The van der Waals surface area contributed by atoms with Gasteiger partial charge in [0, 0.05) is 17.6 Å². The first kappa shape index (κ1) is 12.7. The highest BCUT2D eigenvalue weighted by Gasteiger charge is 2.24. The Bertz CT molecular complexity index is 439. The lowest BCUT2D eigenvalue weighted by molar-refractivity contribution is 0.0724. The number of phenolic OH excluding ortho intramolecular Hbond substituents is 1. The second-order valence-electron chi connectivity index (χ2n) is 4.15. The van der Waals surface area contributed by atoms with E-state index in [9.17, 15) is 9.90 Å². The van der Waals surface area contributed by atoms with Crippen LogP contribution in [0, 0.1) is 0 Å². The van der Waals surface area contributed by atoms with Gasteiger partial charge in [0.15, 0.2) is 0 Å². The number of nitrogens with zero attached hydrogens (tertiary/aromatic N) is 1. The maximum Gasteiger partial charge on any atom is 0.257 e. The molecule has 0 radical (unpaired) electrons. The lowest BCUT2D eigenvalue weighted by Crippen LogP contribution is -2.40. The second kappa shape index (κ2) is 5.27. The minimum Gasteiger partial charge on any atom is -0.507 e. The van der Waals surface area contributed by atoms with Crippen molar-refractivity contribution in [3.8, 4) is 5.75 Å². The van der Waals surface area contributed by atoms with E-state index >= 15 is 0 Å². The third-order valence-electron chi connectivity index (χ3n) is 2.84. The van der Waals surface area contributed by atoms with Gasteiger partial charge in [0.05, 0.1) is 10.9 Å². The molecule has 3 nitrogen and oxygen atoms in total. The number of amides is 1. The van der Waals surface area contributed by atoms with Crippen molar-refractivity contribution in [3.05, 3.63) is 28.2 Å². The summed E-state index contributed by atoms with van der Waals surface area (Å²) in [7, 11) is 0. The van der Waals surface area contributed by atoms with Crippen LogP contribution in [0.1, 0.15) is 23.2 Å². The highest BCUT2D eigenvalue weighted by atomic mass is 79.9. The molecule has 1 atom stereocenters. The van der Waals surface area contributed by atoms with Gasteiger partial charge >= 0.3 is 0 Å². The lowest BCUT2D eigenvalue weighted by Gasteiger charge is -2.30. The predicted octanol–water partition coefficient (Wildman–Crippen LogP) is 3.00. The summed E-state index contributed by atoms with van der Waals surface area (Å²) in [6.07, 6.45) is 1.86. The number of hydrogen-bond donors (Lipinski definition) is 1. The van der Waals surface area contributed by atoms with Crippen molar-refractivity contribution in [1.82, 2.24) is 4.90 Å². The van der Waals surface area contributed by atoms with Gasteiger partial charge < -0.3 is 10.0 Å². The second-order valence-corrected chi connectivity index (χ2v) is 5.69. The Labute approximate surface area is 114 Å². The van der Waals surface area contributed by atoms with E-state index in [1.54, 1.807) is 17.0 Å². The van der Waals surface area contributed by atoms with E-state index in [0.29, 0.717) is 18.7 Å². The van der Waals surface area contributed by atoms with Crippen LogP contribution in [-0.4, -0.2) is 34.4 Å². The first-order valence-electron chi connectivity index (χ1n) is 5.50. The molecule has 1 saturated heterocycles. The quantitative estimate of drug-likeness (QED) is 0.809. The summed E-state index contributed by atoms with van der Waals surface area (Å²) in [6.45, 7) is 1.26. The topological polar surface area (TPSA) is 40.5 Å². The number of halogens is 2. The Morgan fingerprint density at radius 3 is 2.94 bits per heavy atom. The number of carbonyl (C=O) groups is 1. The summed E-state index contributed by atoms with van der Waals surface area (Å²) in [5.74, 6) is -0.151. The van der Waals surface area contributed by atoms with Crippen molar-refractivity contribution < 1.29 is 9.90 Å². The normalized spacial score (nSPS) is 20.4. The number of rotatable bonds is 1. The van der Waals surface area contributed by atoms with E-state index in [0.717, 1.165) is 17.3 Å². The van der Waals surface area contributed by atoms with E-state index in [1.165, 1.54) is 6.07 Å². The molecule has 0 bridgehead atoms. The Balaban J connectivity index is 2.18. The monoisotopic (exact) mass is 317 g/mol. The zero-order chi connectivity index (χ0) is 12.4. The third kappa shape index (κ3) is 2.93. The van der Waals surface area contributed by atoms with E-state index < -0.39 is 0 Å². The van der Waals surface area contributed by atoms with Gasteiger partial charge in [-0.3, -0.25) is 4.79 Å². The van der Waals surface area contributed by atoms with Crippen molar-refractivity contribution in [2.45, 2.75) is 18.2 Å². The van der Waals surface area contributed by atoms with Crippen LogP contribution >= 0.6 is 27.5 Å². The van der Waals surface area contributed by atoms with Crippen LogP contribution in [0.5, 0.6) is 5.75 Å². The van der Waals surface area contributed by atoms with Crippen molar-refractivity contribution in [3.63, 3.8) is 0 Å². The predicted molar refractivity (Wildman–Crippen MR) is 70.6 cm³/mol. The molecule has 0 spiro atoms. The summed E-state index contributed by atoms with van der Waals surface area (Å²) in [4.78, 5) is 13.9. The number of hydrogen-bond acceptors (Lipinski definition) is 2. The summed E-state index contributed by atoms with van der Waals surface area (Å²) in [5, 5.41) is 9.77. The van der Waals surface area contributed by atoms with Gasteiger partial charge in [-0.1, -0.05) is 15.9 Å². The fraction of sp³-hybridized carbons (Fsp3) is 0.417. The molecule has 0 saturated carbocycles. The lowest BCUT2D eigenvalue weighted by atomic mass is 10.1. The molecule has 17 heavy (non-hydrogen) atoms. The zero-order valence-corrected chi connectivity index (χ0v) is 11.5. The Morgan fingerprint density at radius 1 is 1.53 bits per heavy atom. The number of alkyl halides is 1. The van der Waals surface area contributed by atoms with E-state index in [4.69, 9.17) is 11.6 Å². The first-order valence-corrected chi connectivity index (χ1v) is 6.72. The maximum atomic E-state index is 12.2. The summed E-state index contributed by atoms with van der Waals surface area (Å²) < 4.78 is 0.750. The summed E-state index contributed by atoms with van der Waals surface area (Å²) >= 11 is 9.29. The third-order valence-corrected chi connectivity index (χ3v) is 3.69. The molecule has 5 heteroatoms. The molecule has 1 aromatic rings. The van der Waals surface area contributed by atoms with Crippen molar-refractivity contribution in [2.24, 2.45) is 0 Å². The minimum absolute atomic E-state index is 0.000992. The molecule has 1 aliphatic heterocycles. The van der Waals surface area contributed by atoms with Crippen LogP contribution in [0.25, 0.3) is 0 Å². The molecular formula is C12H13BrClNO2. The van der Waals surface area contributed by atoms with Gasteiger partial charge in [0.2, 0.25) is 0 Å². The largest absolute Gasteiger partial charge is 0.507 e. The summed E-state index contributed by atoms with van der Waals surface area (Å²) in [5.41, 5.74) is 0.332. The molecule has 2 rings (SSSR count). The number of likely N-dealkylation sites (tertiary alicyclic amines) is 1.